The summed E-state index contributed by atoms with van der Waals surface area (Å²) in [5, 5.41) is 10.7. The van der Waals surface area contributed by atoms with Crippen LogP contribution >= 0.6 is 11.8 Å². The van der Waals surface area contributed by atoms with E-state index in [4.69, 9.17) is 0 Å². The molecular weight excluding hydrogens is 386 g/mol. The number of aromatic nitrogens is 3. The zero-order chi connectivity index (χ0) is 20.2. The van der Waals surface area contributed by atoms with E-state index in [1.54, 1.807) is 57.8 Å². The first-order valence-electron chi connectivity index (χ1n) is 8.63. The van der Waals surface area contributed by atoms with Crippen LogP contribution in [-0.4, -0.2) is 51.7 Å². The number of hydrogen-bond donors (Lipinski definition) is 1. The van der Waals surface area contributed by atoms with Crippen LogP contribution < -0.4 is 5.32 Å². The summed E-state index contributed by atoms with van der Waals surface area (Å²) in [6.07, 6.45) is 1.57. The average molecular weight is 412 g/mol. The summed E-state index contributed by atoms with van der Waals surface area (Å²) in [4.78, 5) is 12.7. The van der Waals surface area contributed by atoms with Crippen LogP contribution in [0, 0.1) is 6.92 Å². The lowest BCUT2D eigenvalue weighted by molar-refractivity contribution is -0.115. The molecule has 1 N–H and O–H groups in total. The van der Waals surface area contributed by atoms with Crippen molar-refractivity contribution in [2.24, 2.45) is 7.05 Å². The highest BCUT2D eigenvalue weighted by Gasteiger charge is 2.24. The molecule has 1 unspecified atom stereocenters. The van der Waals surface area contributed by atoms with Crippen LogP contribution in [0.25, 0.3) is 0 Å². The van der Waals surface area contributed by atoms with Gasteiger partial charge in [0.25, 0.3) is 0 Å². The molecule has 0 saturated heterocycles. The maximum absolute atomic E-state index is 12.8. The Balaban J connectivity index is 2.20. The number of nitrogens with zero attached hydrogens (tertiary/aromatic N) is 4. The second-order valence-electron chi connectivity index (χ2n) is 6.04. The predicted octanol–water partition coefficient (Wildman–Crippen LogP) is 2.27. The number of sulfonamides is 1. The molecule has 0 aliphatic carbocycles. The molecular formula is C17H25N5O3S2. The van der Waals surface area contributed by atoms with E-state index >= 15 is 0 Å². The van der Waals surface area contributed by atoms with Crippen LogP contribution in [0.3, 0.4) is 0 Å². The number of carbonyl (C=O) groups excluding carboxylic acids is 1. The lowest BCUT2D eigenvalue weighted by Gasteiger charge is -2.20. The number of nitrogens with one attached hydrogen (secondary N) is 1. The number of hydrogen-bond acceptors (Lipinski definition) is 6. The zero-order valence-corrected chi connectivity index (χ0v) is 17.8. The zero-order valence-electron chi connectivity index (χ0n) is 16.1. The molecule has 1 aromatic carbocycles. The molecule has 8 nitrogen and oxygen atoms in total. The van der Waals surface area contributed by atoms with Gasteiger partial charge in [-0.1, -0.05) is 31.7 Å². The molecule has 0 radical (unpaired) electrons. The van der Waals surface area contributed by atoms with Gasteiger partial charge in [-0.15, -0.1) is 10.2 Å². The Bertz CT molecular complexity index is 907. The molecule has 1 heterocycles. The van der Waals surface area contributed by atoms with E-state index in [0.717, 1.165) is 0 Å². The van der Waals surface area contributed by atoms with Crippen LogP contribution in [0.15, 0.2) is 34.6 Å². The number of carbonyl (C=O) groups is 1. The van der Waals surface area contributed by atoms with Gasteiger partial charge in [-0.25, -0.2) is 8.42 Å². The fraction of sp³-hybridized carbons (Fsp3) is 0.471. The molecule has 0 aliphatic heterocycles. The summed E-state index contributed by atoms with van der Waals surface area (Å²) < 4.78 is 28.8. The highest BCUT2D eigenvalue weighted by Crippen LogP contribution is 2.25. The van der Waals surface area contributed by atoms with Crippen molar-refractivity contribution in [1.29, 1.82) is 0 Å². The van der Waals surface area contributed by atoms with Crippen molar-refractivity contribution < 1.29 is 13.2 Å². The maximum Gasteiger partial charge on any atom is 0.243 e. The molecule has 1 aromatic heterocycles. The largest absolute Gasteiger partial charge is 0.325 e. The Hall–Kier alpha value is -1.91. The SMILES string of the molecule is CCN(CC)S(=O)(=O)c1cc(NC(=O)C(C)Sc2nncn2C)ccc1C. The van der Waals surface area contributed by atoms with Gasteiger partial charge in [0, 0.05) is 25.8 Å². The summed E-state index contributed by atoms with van der Waals surface area (Å²) in [7, 11) is -1.80. The molecule has 27 heavy (non-hydrogen) atoms. The number of rotatable bonds is 8. The Kier molecular flexibility index (Phi) is 7.01. The molecule has 0 fully saturated rings. The fourth-order valence-electron chi connectivity index (χ4n) is 2.49. The van der Waals surface area contributed by atoms with Crippen molar-refractivity contribution in [3.63, 3.8) is 0 Å². The van der Waals surface area contributed by atoms with E-state index in [-0.39, 0.29) is 10.8 Å². The molecule has 2 aromatic rings. The second-order valence-corrected chi connectivity index (χ2v) is 9.26. The number of aryl methyl sites for hydroxylation is 2. The van der Waals surface area contributed by atoms with Gasteiger partial charge in [0.05, 0.1) is 10.1 Å². The number of benzene rings is 1. The van der Waals surface area contributed by atoms with Gasteiger partial charge in [0.1, 0.15) is 6.33 Å². The highest BCUT2D eigenvalue weighted by molar-refractivity contribution is 8.00. The van der Waals surface area contributed by atoms with E-state index in [1.807, 2.05) is 0 Å². The molecule has 0 spiro atoms. The standard InChI is InChI=1S/C17H25N5O3S2/c1-6-22(7-2)27(24,25)15-10-14(9-8-12(15)3)19-16(23)13(4)26-17-20-18-11-21(17)5/h8-11,13H,6-7H2,1-5H3,(H,19,23). The predicted molar refractivity (Wildman–Crippen MR) is 106 cm³/mol. The Morgan fingerprint density at radius 3 is 2.56 bits per heavy atom. The smallest absolute Gasteiger partial charge is 0.243 e. The molecule has 0 saturated carbocycles. The molecule has 2 rings (SSSR count). The van der Waals surface area contributed by atoms with Gasteiger partial charge in [0.15, 0.2) is 5.16 Å². The van der Waals surface area contributed by atoms with Gasteiger partial charge >= 0.3 is 0 Å². The van der Waals surface area contributed by atoms with E-state index in [0.29, 0.717) is 29.5 Å². The van der Waals surface area contributed by atoms with Crippen LogP contribution in [0.4, 0.5) is 5.69 Å². The minimum atomic E-state index is -3.60. The first-order valence-corrected chi connectivity index (χ1v) is 10.9. The van der Waals surface area contributed by atoms with E-state index in [9.17, 15) is 13.2 Å². The van der Waals surface area contributed by atoms with Crippen molar-refractivity contribution in [2.75, 3.05) is 18.4 Å². The lowest BCUT2D eigenvalue weighted by Crippen LogP contribution is -2.31. The monoisotopic (exact) mass is 411 g/mol. The average Bonchev–Trinajstić information content (AvgIpc) is 3.02. The minimum Gasteiger partial charge on any atom is -0.325 e. The summed E-state index contributed by atoms with van der Waals surface area (Å²) in [5.41, 5.74) is 1.09. The van der Waals surface area contributed by atoms with Gasteiger partial charge in [-0.05, 0) is 31.5 Å². The first kappa shape index (κ1) is 21.4. The van der Waals surface area contributed by atoms with Gasteiger partial charge < -0.3 is 9.88 Å². The third kappa shape index (κ3) is 4.88. The maximum atomic E-state index is 12.8. The Morgan fingerprint density at radius 2 is 2.00 bits per heavy atom. The van der Waals surface area contributed by atoms with E-state index < -0.39 is 15.3 Å². The van der Waals surface area contributed by atoms with Crippen molar-refractivity contribution >= 4 is 33.4 Å². The number of anilines is 1. The van der Waals surface area contributed by atoms with E-state index in [1.165, 1.54) is 22.1 Å². The van der Waals surface area contributed by atoms with Crippen LogP contribution in [0.1, 0.15) is 26.3 Å². The van der Waals surface area contributed by atoms with Crippen LogP contribution in [-0.2, 0) is 21.9 Å². The number of thioether (sulfide) groups is 1. The summed E-state index contributed by atoms with van der Waals surface area (Å²) in [6.45, 7) is 7.88. The Morgan fingerprint density at radius 1 is 1.33 bits per heavy atom. The lowest BCUT2D eigenvalue weighted by atomic mass is 10.2. The van der Waals surface area contributed by atoms with Crippen molar-refractivity contribution in [2.45, 2.75) is 43.0 Å². The summed E-state index contributed by atoms with van der Waals surface area (Å²) in [5.74, 6) is -0.238. The topological polar surface area (TPSA) is 97.2 Å². The summed E-state index contributed by atoms with van der Waals surface area (Å²) in [6, 6.07) is 4.92. The molecule has 0 aliphatic rings. The normalized spacial score (nSPS) is 13.0. The van der Waals surface area contributed by atoms with Crippen LogP contribution in [0.2, 0.25) is 0 Å². The minimum absolute atomic E-state index is 0.206. The Labute approximate surface area is 164 Å². The molecule has 10 heteroatoms. The molecule has 148 valence electrons. The third-order valence-corrected chi connectivity index (χ3v) is 7.44. The fourth-order valence-corrected chi connectivity index (χ4v) is 4.99. The molecule has 1 atom stereocenters. The van der Waals surface area contributed by atoms with Gasteiger partial charge in [-0.2, -0.15) is 4.31 Å². The van der Waals surface area contributed by atoms with Crippen molar-refractivity contribution in [1.82, 2.24) is 19.1 Å². The second kappa shape index (κ2) is 8.85. The van der Waals surface area contributed by atoms with Crippen LogP contribution in [0.5, 0.6) is 0 Å². The molecule has 0 bridgehead atoms. The third-order valence-electron chi connectivity index (χ3n) is 4.10. The van der Waals surface area contributed by atoms with Crippen molar-refractivity contribution in [3.05, 3.63) is 30.1 Å². The number of amides is 1. The van der Waals surface area contributed by atoms with Gasteiger partial charge in [0.2, 0.25) is 15.9 Å². The van der Waals surface area contributed by atoms with Crippen molar-refractivity contribution in [3.8, 4) is 0 Å². The summed E-state index contributed by atoms with van der Waals surface area (Å²) >= 11 is 1.28. The quantitative estimate of drug-likeness (QED) is 0.669. The van der Waals surface area contributed by atoms with E-state index in [2.05, 4.69) is 15.5 Å². The first-order chi connectivity index (χ1) is 12.7. The van der Waals surface area contributed by atoms with Gasteiger partial charge in [-0.3, -0.25) is 4.79 Å². The molecule has 1 amide bonds. The highest BCUT2D eigenvalue weighted by atomic mass is 32.2.